The van der Waals surface area contributed by atoms with Crippen LogP contribution in [-0.4, -0.2) is 45.4 Å². The summed E-state index contributed by atoms with van der Waals surface area (Å²) < 4.78 is 10.1. The number of esters is 1. The zero-order chi connectivity index (χ0) is 15.5. The second-order valence-electron chi connectivity index (χ2n) is 5.62. The van der Waals surface area contributed by atoms with Crippen molar-refractivity contribution in [2.24, 2.45) is 0 Å². The Bertz CT molecular complexity index is 488. The molecule has 0 bridgehead atoms. The highest BCUT2D eigenvalue weighted by Crippen LogP contribution is 2.29. The number of rotatable bonds is 3. The van der Waals surface area contributed by atoms with E-state index in [4.69, 9.17) is 9.16 Å². The molecule has 6 nitrogen and oxygen atoms in total. The number of carbonyl (C=O) groups excluding carboxylic acids is 2. The van der Waals surface area contributed by atoms with Gasteiger partial charge in [0, 0.05) is 12.7 Å². The molecular formula is C13H20N2O4Si. The smallest absolute Gasteiger partial charge is 0.337 e. The van der Waals surface area contributed by atoms with Crippen LogP contribution in [0.1, 0.15) is 12.8 Å². The van der Waals surface area contributed by atoms with E-state index in [1.165, 1.54) is 7.11 Å². The zero-order valence-corrected chi connectivity index (χ0v) is 13.5. The molecule has 0 aromatic rings. The molecular weight excluding hydrogens is 276 g/mol. The van der Waals surface area contributed by atoms with E-state index in [1.807, 2.05) is 25.7 Å². The van der Waals surface area contributed by atoms with E-state index in [2.05, 4.69) is 0 Å². The normalized spacial score (nSPS) is 21.2. The van der Waals surface area contributed by atoms with Gasteiger partial charge in [0.05, 0.1) is 7.11 Å². The quantitative estimate of drug-likeness (QED) is 0.339. The number of nitrogens with zero attached hydrogens (tertiary/aromatic N) is 2. The van der Waals surface area contributed by atoms with E-state index in [0.717, 1.165) is 0 Å². The van der Waals surface area contributed by atoms with Crippen LogP contribution in [-0.2, 0) is 18.8 Å². The zero-order valence-electron chi connectivity index (χ0n) is 12.5. The topological polar surface area (TPSA) is 79.6 Å². The number of likely N-dealkylation sites (tertiary alicyclic amines) is 1. The third-order valence-corrected chi connectivity index (χ3v) is 3.82. The first kappa shape index (κ1) is 16.2. The highest BCUT2D eigenvalue weighted by atomic mass is 28.4. The van der Waals surface area contributed by atoms with E-state index in [0.29, 0.717) is 18.5 Å². The lowest BCUT2D eigenvalue weighted by Gasteiger charge is -2.22. The molecule has 1 fully saturated rings. The van der Waals surface area contributed by atoms with Crippen LogP contribution in [0.25, 0.3) is 0 Å². The number of methoxy groups -OCH3 is 1. The van der Waals surface area contributed by atoms with E-state index >= 15 is 0 Å². The highest BCUT2D eigenvalue weighted by molar-refractivity contribution is 6.71. The molecule has 110 valence electrons. The van der Waals surface area contributed by atoms with Gasteiger partial charge in [-0.15, -0.1) is 0 Å². The molecule has 0 spiro atoms. The van der Waals surface area contributed by atoms with Gasteiger partial charge in [-0.2, -0.15) is 5.26 Å². The molecule has 1 unspecified atom stereocenters. The van der Waals surface area contributed by atoms with Gasteiger partial charge in [0.1, 0.15) is 12.1 Å². The molecule has 1 heterocycles. The molecule has 0 N–H and O–H groups in total. The second-order valence-corrected chi connectivity index (χ2v) is 10.1. The summed E-state index contributed by atoms with van der Waals surface area (Å²) in [6.07, 6.45) is 1.02. The van der Waals surface area contributed by atoms with Crippen LogP contribution < -0.4 is 0 Å². The Morgan fingerprint density at radius 3 is 2.45 bits per heavy atom. The lowest BCUT2D eigenvalue weighted by atomic mass is 10.2. The molecule has 1 rings (SSSR count). The van der Waals surface area contributed by atoms with Gasteiger partial charge in [-0.3, -0.25) is 0 Å². The van der Waals surface area contributed by atoms with Crippen molar-refractivity contribution in [1.82, 2.24) is 4.90 Å². The average molecular weight is 296 g/mol. The molecule has 20 heavy (non-hydrogen) atoms. The summed E-state index contributed by atoms with van der Waals surface area (Å²) in [4.78, 5) is 25.3. The van der Waals surface area contributed by atoms with Crippen molar-refractivity contribution in [1.29, 1.82) is 5.26 Å². The van der Waals surface area contributed by atoms with Gasteiger partial charge < -0.3 is 14.1 Å². The molecule has 1 aliphatic heterocycles. The predicted octanol–water partition coefficient (Wildman–Crippen LogP) is 1.41. The molecule has 0 aliphatic carbocycles. The summed E-state index contributed by atoms with van der Waals surface area (Å²) in [5, 5.41) is 9.22. The average Bonchev–Trinajstić information content (AvgIpc) is 2.69. The number of hydrogen-bond acceptors (Lipinski definition) is 6. The van der Waals surface area contributed by atoms with Gasteiger partial charge in [0.2, 0.25) is 8.32 Å². The summed E-state index contributed by atoms with van der Waals surface area (Å²) >= 11 is 0. The van der Waals surface area contributed by atoms with Crippen molar-refractivity contribution in [3.63, 3.8) is 0 Å². The largest absolute Gasteiger partial charge is 0.516 e. The van der Waals surface area contributed by atoms with Crippen LogP contribution in [0.15, 0.2) is 11.3 Å². The fourth-order valence-corrected chi connectivity index (χ4v) is 2.76. The van der Waals surface area contributed by atoms with Crippen LogP contribution >= 0.6 is 0 Å². The minimum Gasteiger partial charge on any atom is -0.516 e. The first-order valence-electron chi connectivity index (χ1n) is 6.38. The molecule has 1 saturated heterocycles. The van der Waals surface area contributed by atoms with Gasteiger partial charge in [-0.25, -0.2) is 9.59 Å². The van der Waals surface area contributed by atoms with Crippen molar-refractivity contribution in [3.8, 4) is 6.07 Å². The van der Waals surface area contributed by atoms with E-state index in [1.54, 1.807) is 11.9 Å². The fourth-order valence-electron chi connectivity index (χ4n) is 2.10. The summed E-state index contributed by atoms with van der Waals surface area (Å²) in [6.45, 7) is 5.63. The number of ether oxygens (including phenoxy) is 1. The van der Waals surface area contributed by atoms with E-state index < -0.39 is 20.3 Å². The Kier molecular flexibility index (Phi) is 4.95. The number of allylic oxidation sites excluding steroid dienone is 1. The lowest BCUT2D eigenvalue weighted by Crippen LogP contribution is -2.35. The molecule has 0 aromatic heterocycles. The summed E-state index contributed by atoms with van der Waals surface area (Å²) in [7, 11) is 0.943. The van der Waals surface area contributed by atoms with Crippen molar-refractivity contribution < 1.29 is 18.8 Å². The predicted molar refractivity (Wildman–Crippen MR) is 74.9 cm³/mol. The molecule has 0 saturated carbocycles. The Labute approximate surface area is 120 Å². The minimum atomic E-state index is -2.06. The third kappa shape index (κ3) is 3.60. The van der Waals surface area contributed by atoms with Gasteiger partial charge in [-0.1, -0.05) is 0 Å². The van der Waals surface area contributed by atoms with Gasteiger partial charge >= 0.3 is 11.9 Å². The Balaban J connectivity index is 3.02. The van der Waals surface area contributed by atoms with Crippen molar-refractivity contribution in [2.75, 3.05) is 14.2 Å². The first-order valence-corrected chi connectivity index (χ1v) is 9.79. The monoisotopic (exact) mass is 296 g/mol. The third-order valence-electron chi connectivity index (χ3n) is 3.02. The lowest BCUT2D eigenvalue weighted by molar-refractivity contribution is -0.145. The van der Waals surface area contributed by atoms with Crippen LogP contribution in [0.4, 0.5) is 0 Å². The fraction of sp³-hybridized carbons (Fsp3) is 0.615. The minimum absolute atomic E-state index is 0.0127. The van der Waals surface area contributed by atoms with Crippen molar-refractivity contribution >= 4 is 20.3 Å². The Hall–Kier alpha value is -1.81. The van der Waals surface area contributed by atoms with Crippen molar-refractivity contribution in [3.05, 3.63) is 11.3 Å². The molecule has 0 radical (unpaired) electrons. The summed E-state index contributed by atoms with van der Waals surface area (Å²) in [5.41, 5.74) is 0.535. The molecule has 1 aliphatic rings. The van der Waals surface area contributed by atoms with Gasteiger partial charge in [-0.05, 0) is 32.5 Å². The molecule has 7 heteroatoms. The number of likely N-dealkylation sites (N-methyl/N-ethyl adjacent to an activating group) is 1. The highest BCUT2D eigenvalue weighted by Gasteiger charge is 2.36. The SMILES string of the molecule is COC(=O)C1CC/C(=C(\C#N)C(=O)O[Si](C)(C)C)N1C. The molecule has 0 amide bonds. The van der Waals surface area contributed by atoms with E-state index in [-0.39, 0.29) is 11.5 Å². The van der Waals surface area contributed by atoms with Crippen LogP contribution in [0.2, 0.25) is 19.6 Å². The number of hydrogen-bond donors (Lipinski definition) is 0. The Morgan fingerprint density at radius 2 is 2.00 bits per heavy atom. The summed E-state index contributed by atoms with van der Waals surface area (Å²) in [5.74, 6) is -0.961. The molecule has 0 aromatic carbocycles. The standard InChI is InChI=1S/C13H20N2O4Si/c1-15-10(6-7-11(15)13(17)18-2)9(8-14)12(16)19-20(3,4)5/h11H,6-7H2,1-5H3/b10-9-. The second kappa shape index (κ2) is 6.09. The maximum Gasteiger partial charge on any atom is 0.337 e. The molecule has 1 atom stereocenters. The number of carbonyl (C=O) groups is 2. The summed E-state index contributed by atoms with van der Waals surface area (Å²) in [6, 6.07) is 1.46. The first-order chi connectivity index (χ1) is 9.21. The van der Waals surface area contributed by atoms with Crippen LogP contribution in [0.5, 0.6) is 0 Å². The van der Waals surface area contributed by atoms with E-state index in [9.17, 15) is 14.9 Å². The van der Waals surface area contributed by atoms with Crippen LogP contribution in [0.3, 0.4) is 0 Å². The maximum absolute atomic E-state index is 12.1. The maximum atomic E-state index is 12.1. The van der Waals surface area contributed by atoms with Gasteiger partial charge in [0.15, 0.2) is 5.57 Å². The van der Waals surface area contributed by atoms with Gasteiger partial charge in [0.25, 0.3) is 0 Å². The van der Waals surface area contributed by atoms with Crippen LogP contribution in [0, 0.1) is 11.3 Å². The van der Waals surface area contributed by atoms with Crippen molar-refractivity contribution in [2.45, 2.75) is 38.5 Å². The number of nitriles is 1. The Morgan fingerprint density at radius 1 is 1.40 bits per heavy atom.